The Balaban J connectivity index is 2.38. The van der Waals surface area contributed by atoms with Crippen LogP contribution in [0.5, 0.6) is 0 Å². The van der Waals surface area contributed by atoms with Crippen LogP contribution >= 0.6 is 0 Å². The number of amides is 1. The number of piperidine rings is 1. The number of hydrogen-bond acceptors (Lipinski definition) is 2. The summed E-state index contributed by atoms with van der Waals surface area (Å²) in [6.07, 6.45) is 4.70. The van der Waals surface area contributed by atoms with Crippen LogP contribution in [0.4, 0.5) is 4.79 Å². The third-order valence-corrected chi connectivity index (χ3v) is 1.77. The van der Waals surface area contributed by atoms with Gasteiger partial charge in [-0.15, -0.1) is 0 Å². The van der Waals surface area contributed by atoms with Gasteiger partial charge in [-0.25, -0.2) is 4.79 Å². The van der Waals surface area contributed by atoms with E-state index in [1.165, 1.54) is 0 Å². The highest BCUT2D eigenvalue weighted by molar-refractivity contribution is 5.68. The molecule has 1 rings (SSSR count). The summed E-state index contributed by atoms with van der Waals surface area (Å²) in [5.41, 5.74) is -0.387. The first-order chi connectivity index (χ1) is 5.99. The average Bonchev–Trinajstić information content (AvgIpc) is 2.03. The lowest BCUT2D eigenvalue weighted by Crippen LogP contribution is -2.39. The van der Waals surface area contributed by atoms with Gasteiger partial charge in [0.15, 0.2) is 0 Å². The van der Waals surface area contributed by atoms with Crippen molar-refractivity contribution < 1.29 is 9.53 Å². The van der Waals surface area contributed by atoms with E-state index >= 15 is 0 Å². The highest BCUT2D eigenvalue weighted by Crippen LogP contribution is 2.13. The monoisotopic (exact) mass is 183 g/mol. The summed E-state index contributed by atoms with van der Waals surface area (Å²) in [4.78, 5) is 13.2. The van der Waals surface area contributed by atoms with Gasteiger partial charge in [0, 0.05) is 13.1 Å². The minimum atomic E-state index is -0.387. The van der Waals surface area contributed by atoms with E-state index in [9.17, 15) is 4.79 Å². The smallest absolute Gasteiger partial charge is 0.410 e. The van der Waals surface area contributed by atoms with Crippen LogP contribution in [0.2, 0.25) is 0 Å². The van der Waals surface area contributed by atoms with Crippen LogP contribution in [0.3, 0.4) is 0 Å². The van der Waals surface area contributed by atoms with E-state index in [1.807, 2.05) is 20.8 Å². The van der Waals surface area contributed by atoms with E-state index in [1.54, 1.807) is 4.90 Å². The largest absolute Gasteiger partial charge is 0.444 e. The molecule has 1 amide bonds. The number of ether oxygens (including phenoxy) is 1. The van der Waals surface area contributed by atoms with Crippen LogP contribution in [0.1, 0.15) is 33.6 Å². The van der Waals surface area contributed by atoms with Crippen molar-refractivity contribution in [3.63, 3.8) is 0 Å². The summed E-state index contributed by atoms with van der Waals surface area (Å²) >= 11 is 0. The minimum absolute atomic E-state index is 0.200. The highest BCUT2D eigenvalue weighted by atomic mass is 16.6. The Kier molecular flexibility index (Phi) is 3.17. The normalized spacial score (nSPS) is 18.5. The Bertz CT molecular complexity index is 178. The Labute approximate surface area is 80.1 Å². The molecule has 1 aliphatic rings. The molecule has 3 nitrogen and oxygen atoms in total. The molecule has 0 aliphatic carbocycles. The van der Waals surface area contributed by atoms with Gasteiger partial charge in [-0.2, -0.15) is 0 Å². The van der Waals surface area contributed by atoms with Gasteiger partial charge in [0.25, 0.3) is 0 Å². The zero-order valence-corrected chi connectivity index (χ0v) is 8.59. The molecule has 0 aromatic rings. The van der Waals surface area contributed by atoms with Crippen molar-refractivity contribution in [3.8, 4) is 0 Å². The molecule has 0 unspecified atom stereocenters. The van der Waals surface area contributed by atoms with Crippen molar-refractivity contribution in [2.24, 2.45) is 0 Å². The third kappa shape index (κ3) is 3.66. The molecule has 3 heteroatoms. The fourth-order valence-corrected chi connectivity index (χ4v) is 1.17. The Morgan fingerprint density at radius 3 is 2.31 bits per heavy atom. The number of likely N-dealkylation sites (tertiary alicyclic amines) is 1. The predicted octanol–water partition coefficient (Wildman–Crippen LogP) is 2.10. The molecule has 1 fully saturated rings. The number of hydrogen-bond donors (Lipinski definition) is 0. The molecule has 74 valence electrons. The van der Waals surface area contributed by atoms with Crippen LogP contribution in [0, 0.1) is 6.42 Å². The molecule has 13 heavy (non-hydrogen) atoms. The van der Waals surface area contributed by atoms with Gasteiger partial charge >= 0.3 is 6.09 Å². The summed E-state index contributed by atoms with van der Waals surface area (Å²) in [7, 11) is 0. The van der Waals surface area contributed by atoms with Gasteiger partial charge in [0.1, 0.15) is 5.60 Å². The molecule has 2 radical (unpaired) electrons. The topological polar surface area (TPSA) is 29.5 Å². The second-order valence-electron chi connectivity index (χ2n) is 4.22. The number of carbonyl (C=O) groups excluding carboxylic acids is 1. The highest BCUT2D eigenvalue weighted by Gasteiger charge is 2.23. The lowest BCUT2D eigenvalue weighted by atomic mass is 10.1. The van der Waals surface area contributed by atoms with Gasteiger partial charge in [0.2, 0.25) is 0 Å². The fourth-order valence-electron chi connectivity index (χ4n) is 1.17. The molecule has 1 heterocycles. The van der Waals surface area contributed by atoms with E-state index in [-0.39, 0.29) is 11.7 Å². The molecule has 0 N–H and O–H groups in total. The fraction of sp³-hybridized carbons (Fsp3) is 0.800. The second kappa shape index (κ2) is 3.99. The maximum Gasteiger partial charge on any atom is 0.410 e. The summed E-state index contributed by atoms with van der Waals surface area (Å²) in [5, 5.41) is 0. The van der Waals surface area contributed by atoms with Crippen molar-refractivity contribution in [3.05, 3.63) is 6.42 Å². The quantitative estimate of drug-likeness (QED) is 0.575. The van der Waals surface area contributed by atoms with Gasteiger partial charge in [-0.05, 0) is 40.0 Å². The van der Waals surface area contributed by atoms with E-state index in [4.69, 9.17) is 4.74 Å². The second-order valence-corrected chi connectivity index (χ2v) is 4.22. The van der Waals surface area contributed by atoms with Gasteiger partial charge in [0.05, 0.1) is 0 Å². The zero-order valence-electron chi connectivity index (χ0n) is 8.59. The van der Waals surface area contributed by atoms with Crippen LogP contribution in [-0.2, 0) is 4.74 Å². The number of carbonyl (C=O) groups is 1. The van der Waals surface area contributed by atoms with Crippen LogP contribution < -0.4 is 0 Å². The minimum Gasteiger partial charge on any atom is -0.444 e. The Morgan fingerprint density at radius 1 is 1.31 bits per heavy atom. The SMILES string of the molecule is CC(C)(C)OC(=O)N1CC[C]CC1. The number of nitrogens with zero attached hydrogens (tertiary/aromatic N) is 1. The molecular formula is C10H17NO2. The zero-order chi connectivity index (χ0) is 9.90. The first-order valence-corrected chi connectivity index (χ1v) is 4.68. The summed E-state index contributed by atoms with van der Waals surface area (Å²) in [5.74, 6) is 0. The van der Waals surface area contributed by atoms with Crippen molar-refractivity contribution >= 4 is 6.09 Å². The summed E-state index contributed by atoms with van der Waals surface area (Å²) in [6.45, 7) is 7.14. The first kappa shape index (κ1) is 10.4. The maximum atomic E-state index is 11.5. The first-order valence-electron chi connectivity index (χ1n) is 4.68. The molecular weight excluding hydrogens is 166 g/mol. The maximum absolute atomic E-state index is 11.5. The van der Waals surface area contributed by atoms with E-state index in [0.29, 0.717) is 0 Å². The molecule has 1 saturated heterocycles. The van der Waals surface area contributed by atoms with Crippen LogP contribution in [-0.4, -0.2) is 29.7 Å². The van der Waals surface area contributed by atoms with Crippen molar-refractivity contribution in [1.29, 1.82) is 0 Å². The van der Waals surface area contributed by atoms with Crippen LogP contribution in [0.25, 0.3) is 0 Å². The standard InChI is InChI=1S/C10H17NO2/c1-10(2,3)13-9(12)11-7-5-4-6-8-11/h5-8H2,1-3H3. The molecule has 0 atom stereocenters. The van der Waals surface area contributed by atoms with Crippen LogP contribution in [0.15, 0.2) is 0 Å². The molecule has 1 aliphatic heterocycles. The van der Waals surface area contributed by atoms with Gasteiger partial charge < -0.3 is 9.64 Å². The van der Waals surface area contributed by atoms with E-state index < -0.39 is 0 Å². The Morgan fingerprint density at radius 2 is 1.85 bits per heavy atom. The van der Waals surface area contributed by atoms with Gasteiger partial charge in [-0.1, -0.05) is 0 Å². The molecule has 0 bridgehead atoms. The van der Waals surface area contributed by atoms with Gasteiger partial charge in [-0.3, -0.25) is 0 Å². The van der Waals surface area contributed by atoms with Crippen molar-refractivity contribution in [2.75, 3.05) is 13.1 Å². The predicted molar refractivity (Wildman–Crippen MR) is 50.3 cm³/mol. The van der Waals surface area contributed by atoms with E-state index in [2.05, 4.69) is 6.42 Å². The average molecular weight is 183 g/mol. The van der Waals surface area contributed by atoms with E-state index in [0.717, 1.165) is 25.9 Å². The third-order valence-electron chi connectivity index (χ3n) is 1.77. The van der Waals surface area contributed by atoms with Crippen molar-refractivity contribution in [2.45, 2.75) is 39.2 Å². The van der Waals surface area contributed by atoms with Crippen molar-refractivity contribution in [1.82, 2.24) is 4.90 Å². The summed E-state index contributed by atoms with van der Waals surface area (Å²) < 4.78 is 5.24. The molecule has 0 aromatic carbocycles. The molecule has 0 aromatic heterocycles. The Hall–Kier alpha value is -0.730. The molecule has 0 spiro atoms. The number of rotatable bonds is 0. The summed E-state index contributed by atoms with van der Waals surface area (Å²) in [6, 6.07) is 0. The molecule has 0 saturated carbocycles. The lowest BCUT2D eigenvalue weighted by molar-refractivity contribution is 0.0234. The lowest BCUT2D eigenvalue weighted by Gasteiger charge is -2.29.